The summed E-state index contributed by atoms with van der Waals surface area (Å²) >= 11 is 0. The number of hydrogen-bond donors (Lipinski definition) is 1. The number of ketones is 2. The largest absolute Gasteiger partial charge is 0.493 e. The van der Waals surface area contributed by atoms with Gasteiger partial charge in [-0.3, -0.25) is 14.5 Å². The van der Waals surface area contributed by atoms with E-state index < -0.39 is 0 Å². The first-order chi connectivity index (χ1) is 13.5. The summed E-state index contributed by atoms with van der Waals surface area (Å²) in [5, 5.41) is 2.70. The summed E-state index contributed by atoms with van der Waals surface area (Å²) in [4.78, 5) is 37.2. The lowest BCUT2D eigenvalue weighted by atomic mass is 9.97. The number of carbonyl (C=O) groups excluding carboxylic acids is 3. The maximum atomic E-state index is 12.2. The minimum Gasteiger partial charge on any atom is -0.493 e. The van der Waals surface area contributed by atoms with Gasteiger partial charge in [0.2, 0.25) is 0 Å². The SMILES string of the molecule is C=CN(C=C)C(=O)NCCCOc1cccc(C(=O)CCC)c1C(C)=O.CC.[HH]. The van der Waals surface area contributed by atoms with E-state index in [0.29, 0.717) is 49.3 Å². The van der Waals surface area contributed by atoms with E-state index >= 15 is 0 Å². The third kappa shape index (κ3) is 7.78. The number of carbonyl (C=O) groups is 3. The van der Waals surface area contributed by atoms with Gasteiger partial charge in [-0.2, -0.15) is 0 Å². The normalized spacial score (nSPS) is 9.43. The van der Waals surface area contributed by atoms with Crippen molar-refractivity contribution in [1.29, 1.82) is 0 Å². The second-order valence-corrected chi connectivity index (χ2v) is 5.61. The molecule has 6 nitrogen and oxygen atoms in total. The van der Waals surface area contributed by atoms with Crippen LogP contribution in [0.15, 0.2) is 43.8 Å². The van der Waals surface area contributed by atoms with Crippen LogP contribution in [0.5, 0.6) is 5.75 Å². The molecule has 6 heteroatoms. The molecule has 0 atom stereocenters. The Morgan fingerprint density at radius 3 is 2.39 bits per heavy atom. The first-order valence-electron chi connectivity index (χ1n) is 9.57. The van der Waals surface area contributed by atoms with Crippen LogP contribution in [0.3, 0.4) is 0 Å². The van der Waals surface area contributed by atoms with E-state index in [1.54, 1.807) is 18.2 Å². The number of urea groups is 1. The molecule has 0 unspecified atom stereocenters. The van der Waals surface area contributed by atoms with Gasteiger partial charge in [-0.05, 0) is 25.8 Å². The van der Waals surface area contributed by atoms with Crippen molar-refractivity contribution in [3.63, 3.8) is 0 Å². The summed E-state index contributed by atoms with van der Waals surface area (Å²) in [5.41, 5.74) is 0.720. The highest BCUT2D eigenvalue weighted by atomic mass is 16.5. The summed E-state index contributed by atoms with van der Waals surface area (Å²) in [7, 11) is 0. The first-order valence-corrected chi connectivity index (χ1v) is 9.57. The maximum absolute atomic E-state index is 12.2. The van der Waals surface area contributed by atoms with Gasteiger partial charge >= 0.3 is 6.03 Å². The second-order valence-electron chi connectivity index (χ2n) is 5.61. The molecule has 0 aliphatic rings. The van der Waals surface area contributed by atoms with Crippen molar-refractivity contribution >= 4 is 17.6 Å². The molecule has 1 aromatic rings. The fraction of sp³-hybridized carbons (Fsp3) is 0.409. The van der Waals surface area contributed by atoms with E-state index in [9.17, 15) is 14.4 Å². The third-order valence-electron chi connectivity index (χ3n) is 3.64. The molecule has 2 amide bonds. The van der Waals surface area contributed by atoms with Crippen molar-refractivity contribution in [3.8, 4) is 5.75 Å². The standard InChI is InChI=1S/C20H26N2O4.C2H6.H2/c1-5-10-17(24)16-11-8-12-18(19(16)15(4)23)26-14-9-13-21-20(25)22(6-2)7-3;1-2;/h6-8,11-12H,2-3,5,9-10,13-14H2,1,4H3,(H,21,25);1-2H3;1H. The van der Waals surface area contributed by atoms with E-state index in [1.165, 1.54) is 24.2 Å². The molecule has 1 rings (SSSR count). The third-order valence-corrected chi connectivity index (χ3v) is 3.64. The molecule has 0 bridgehead atoms. The lowest BCUT2D eigenvalue weighted by molar-refractivity contribution is 0.0958. The lowest BCUT2D eigenvalue weighted by Gasteiger charge is -2.15. The molecule has 28 heavy (non-hydrogen) atoms. The van der Waals surface area contributed by atoms with E-state index in [0.717, 1.165) is 0 Å². The number of amides is 2. The Labute approximate surface area is 169 Å². The van der Waals surface area contributed by atoms with Gasteiger partial charge in [0.15, 0.2) is 11.6 Å². The van der Waals surface area contributed by atoms with E-state index in [2.05, 4.69) is 18.5 Å². The number of benzene rings is 1. The Morgan fingerprint density at radius 1 is 1.21 bits per heavy atom. The van der Waals surface area contributed by atoms with Crippen LogP contribution in [0.25, 0.3) is 0 Å². The van der Waals surface area contributed by atoms with Gasteiger partial charge < -0.3 is 10.1 Å². The number of ether oxygens (including phenoxy) is 1. The van der Waals surface area contributed by atoms with Gasteiger partial charge in [-0.15, -0.1) is 0 Å². The molecule has 0 fully saturated rings. The number of Topliss-reactive ketones (excluding diaryl/α,β-unsaturated/α-hetero) is 2. The van der Waals surface area contributed by atoms with Crippen LogP contribution in [-0.4, -0.2) is 35.6 Å². The highest BCUT2D eigenvalue weighted by Gasteiger charge is 2.18. The first kappa shape index (κ1) is 25.1. The maximum Gasteiger partial charge on any atom is 0.325 e. The molecule has 0 saturated heterocycles. The lowest BCUT2D eigenvalue weighted by Crippen LogP contribution is -2.34. The Balaban J connectivity index is 0. The zero-order chi connectivity index (χ0) is 21.5. The molecule has 0 aliphatic heterocycles. The number of rotatable bonds is 11. The predicted octanol–water partition coefficient (Wildman–Crippen LogP) is 5.21. The van der Waals surface area contributed by atoms with E-state index in [1.807, 2.05) is 20.8 Å². The highest BCUT2D eigenvalue weighted by molar-refractivity contribution is 6.09. The molecule has 1 aromatic carbocycles. The molecule has 0 radical (unpaired) electrons. The molecular formula is C22H34N2O4. The number of hydrogen-bond acceptors (Lipinski definition) is 4. The van der Waals surface area contributed by atoms with Crippen LogP contribution in [0.1, 0.15) is 69.1 Å². The smallest absolute Gasteiger partial charge is 0.325 e. The van der Waals surface area contributed by atoms with Crippen LogP contribution in [0.4, 0.5) is 4.79 Å². The Kier molecular flexibility index (Phi) is 12.7. The molecule has 0 heterocycles. The zero-order valence-corrected chi connectivity index (χ0v) is 17.4. The molecule has 0 saturated carbocycles. The quantitative estimate of drug-likeness (QED) is 0.415. The molecule has 156 valence electrons. The van der Waals surface area contributed by atoms with Gasteiger partial charge in [0, 0.05) is 32.4 Å². The van der Waals surface area contributed by atoms with Gasteiger partial charge in [0.25, 0.3) is 0 Å². The Morgan fingerprint density at radius 2 is 1.86 bits per heavy atom. The molecule has 0 spiro atoms. The van der Waals surface area contributed by atoms with Crippen molar-refractivity contribution in [2.24, 2.45) is 0 Å². The zero-order valence-electron chi connectivity index (χ0n) is 17.4. The van der Waals surface area contributed by atoms with E-state index in [-0.39, 0.29) is 19.0 Å². The van der Waals surface area contributed by atoms with Crippen molar-refractivity contribution in [2.45, 2.75) is 47.0 Å². The van der Waals surface area contributed by atoms with Crippen molar-refractivity contribution in [2.75, 3.05) is 13.2 Å². The van der Waals surface area contributed by atoms with Crippen LogP contribution in [-0.2, 0) is 0 Å². The van der Waals surface area contributed by atoms with Crippen molar-refractivity contribution in [3.05, 3.63) is 54.9 Å². The van der Waals surface area contributed by atoms with Gasteiger partial charge in [0.05, 0.1) is 12.2 Å². The average molecular weight is 391 g/mol. The second kappa shape index (κ2) is 14.2. The monoisotopic (exact) mass is 390 g/mol. The summed E-state index contributed by atoms with van der Waals surface area (Å²) in [6, 6.07) is 4.71. The fourth-order valence-electron chi connectivity index (χ4n) is 2.39. The van der Waals surface area contributed by atoms with Crippen molar-refractivity contribution in [1.82, 2.24) is 10.2 Å². The topological polar surface area (TPSA) is 75.7 Å². The van der Waals surface area contributed by atoms with E-state index in [4.69, 9.17) is 4.74 Å². The summed E-state index contributed by atoms with van der Waals surface area (Å²) < 4.78 is 5.68. The Hall–Kier alpha value is -2.89. The van der Waals surface area contributed by atoms with Crippen LogP contribution in [0, 0.1) is 0 Å². The van der Waals surface area contributed by atoms with Gasteiger partial charge in [-0.25, -0.2) is 4.79 Å². The number of nitrogens with one attached hydrogen (secondary N) is 1. The summed E-state index contributed by atoms with van der Waals surface area (Å²) in [6.45, 7) is 15.0. The number of nitrogens with zero attached hydrogens (tertiary/aromatic N) is 1. The van der Waals surface area contributed by atoms with Gasteiger partial charge in [0.1, 0.15) is 5.75 Å². The average Bonchev–Trinajstić information content (AvgIpc) is 2.70. The highest BCUT2D eigenvalue weighted by Crippen LogP contribution is 2.25. The molecular weight excluding hydrogens is 356 g/mol. The predicted molar refractivity (Wildman–Crippen MR) is 115 cm³/mol. The van der Waals surface area contributed by atoms with Gasteiger partial charge in [-0.1, -0.05) is 46.1 Å². The minimum absolute atomic E-state index is 0. The Bertz CT molecular complexity index is 681. The van der Waals surface area contributed by atoms with Crippen molar-refractivity contribution < 1.29 is 20.5 Å². The molecule has 0 aliphatic carbocycles. The summed E-state index contributed by atoms with van der Waals surface area (Å²) in [5.74, 6) is 0.120. The van der Waals surface area contributed by atoms with Crippen LogP contribution in [0.2, 0.25) is 0 Å². The van der Waals surface area contributed by atoms with Crippen LogP contribution >= 0.6 is 0 Å². The molecule has 0 aromatic heterocycles. The molecule has 1 N–H and O–H groups in total. The summed E-state index contributed by atoms with van der Waals surface area (Å²) in [6.07, 6.45) is 4.36. The van der Waals surface area contributed by atoms with Crippen LogP contribution < -0.4 is 10.1 Å². The minimum atomic E-state index is -0.327. The fourth-order valence-corrected chi connectivity index (χ4v) is 2.39.